The Bertz CT molecular complexity index is 793. The zero-order chi connectivity index (χ0) is 16.3. The summed E-state index contributed by atoms with van der Waals surface area (Å²) in [7, 11) is -2.48. The van der Waals surface area contributed by atoms with Crippen molar-refractivity contribution >= 4 is 33.1 Å². The van der Waals surface area contributed by atoms with Gasteiger partial charge in [0.15, 0.2) is 0 Å². The van der Waals surface area contributed by atoms with E-state index in [1.165, 1.54) is 43.6 Å². The Balaban J connectivity index is 2.32. The van der Waals surface area contributed by atoms with E-state index in [9.17, 15) is 18.5 Å². The van der Waals surface area contributed by atoms with E-state index >= 15 is 0 Å². The number of hydrogen-bond donors (Lipinski definition) is 0. The molecule has 0 unspecified atom stereocenters. The van der Waals surface area contributed by atoms with E-state index in [4.69, 9.17) is 11.6 Å². The number of nitro groups is 1. The molecule has 0 aliphatic heterocycles. The standard InChI is InChI=1S/C13H12ClN3O4S/c1-16(13-7-6-11(14)8-15-13)22(20,21)9-10-4-2-3-5-12(10)17(18)19/h2-8H,9H2,1H3. The highest BCUT2D eigenvalue weighted by atomic mass is 35.5. The SMILES string of the molecule is CN(c1ccc(Cl)cn1)S(=O)(=O)Cc1ccccc1[N+](=O)[O-]. The molecule has 0 amide bonds. The maximum atomic E-state index is 12.4. The predicted molar refractivity (Wildman–Crippen MR) is 83.4 cm³/mol. The lowest BCUT2D eigenvalue weighted by Crippen LogP contribution is -2.28. The van der Waals surface area contributed by atoms with E-state index in [-0.39, 0.29) is 17.1 Å². The molecule has 2 rings (SSSR count). The van der Waals surface area contributed by atoms with Crippen LogP contribution in [0.3, 0.4) is 0 Å². The van der Waals surface area contributed by atoms with Crippen LogP contribution in [0.5, 0.6) is 0 Å². The molecule has 1 aromatic heterocycles. The molecule has 0 atom stereocenters. The van der Waals surface area contributed by atoms with Gasteiger partial charge in [0.2, 0.25) is 10.0 Å². The van der Waals surface area contributed by atoms with Crippen molar-refractivity contribution in [3.8, 4) is 0 Å². The topological polar surface area (TPSA) is 93.4 Å². The highest BCUT2D eigenvalue weighted by molar-refractivity contribution is 7.92. The number of rotatable bonds is 5. The maximum Gasteiger partial charge on any atom is 0.273 e. The van der Waals surface area contributed by atoms with Crippen molar-refractivity contribution in [2.24, 2.45) is 0 Å². The summed E-state index contributed by atoms with van der Waals surface area (Å²) in [5, 5.41) is 11.3. The summed E-state index contributed by atoms with van der Waals surface area (Å²) in [6, 6.07) is 8.70. The van der Waals surface area contributed by atoms with Crippen molar-refractivity contribution in [1.82, 2.24) is 4.98 Å². The molecule has 0 saturated carbocycles. The van der Waals surface area contributed by atoms with Crippen molar-refractivity contribution in [1.29, 1.82) is 0 Å². The predicted octanol–water partition coefficient (Wildman–Crippen LogP) is 2.61. The van der Waals surface area contributed by atoms with Crippen LogP contribution in [-0.2, 0) is 15.8 Å². The Hall–Kier alpha value is -2.19. The highest BCUT2D eigenvalue weighted by Crippen LogP contribution is 2.23. The lowest BCUT2D eigenvalue weighted by molar-refractivity contribution is -0.385. The molecule has 0 aliphatic carbocycles. The van der Waals surface area contributed by atoms with E-state index in [0.717, 1.165) is 4.31 Å². The minimum absolute atomic E-state index is 0.119. The van der Waals surface area contributed by atoms with Gasteiger partial charge < -0.3 is 0 Å². The van der Waals surface area contributed by atoms with Crippen LogP contribution >= 0.6 is 11.6 Å². The molecule has 0 spiro atoms. The third-order valence-corrected chi connectivity index (χ3v) is 4.90. The lowest BCUT2D eigenvalue weighted by atomic mass is 10.2. The van der Waals surface area contributed by atoms with Crippen molar-refractivity contribution in [2.45, 2.75) is 5.75 Å². The maximum absolute atomic E-state index is 12.4. The minimum atomic E-state index is -3.81. The van der Waals surface area contributed by atoms with E-state index in [2.05, 4.69) is 4.98 Å². The van der Waals surface area contributed by atoms with Gasteiger partial charge in [-0.25, -0.2) is 13.4 Å². The largest absolute Gasteiger partial charge is 0.273 e. The van der Waals surface area contributed by atoms with Crippen LogP contribution in [0.15, 0.2) is 42.6 Å². The van der Waals surface area contributed by atoms with E-state index in [1.807, 2.05) is 0 Å². The Morgan fingerprint density at radius 2 is 1.95 bits per heavy atom. The Kier molecular flexibility index (Phi) is 4.62. The summed E-state index contributed by atoms with van der Waals surface area (Å²) in [6.07, 6.45) is 1.33. The first-order chi connectivity index (χ1) is 10.3. The van der Waals surface area contributed by atoms with E-state index < -0.39 is 20.7 Å². The number of hydrogen-bond acceptors (Lipinski definition) is 5. The van der Waals surface area contributed by atoms with Gasteiger partial charge in [0, 0.05) is 24.9 Å². The summed E-state index contributed by atoms with van der Waals surface area (Å²) < 4.78 is 25.8. The summed E-state index contributed by atoms with van der Waals surface area (Å²) >= 11 is 5.71. The fourth-order valence-corrected chi connectivity index (χ4v) is 3.14. The molecular weight excluding hydrogens is 330 g/mol. The van der Waals surface area contributed by atoms with Gasteiger partial charge >= 0.3 is 0 Å². The summed E-state index contributed by atoms with van der Waals surface area (Å²) in [5.74, 6) is -0.312. The second kappa shape index (κ2) is 6.29. The first kappa shape index (κ1) is 16.2. The number of halogens is 1. The van der Waals surface area contributed by atoms with Gasteiger partial charge in [0.05, 0.1) is 9.95 Å². The molecule has 0 saturated heterocycles. The Labute approximate surface area is 132 Å². The molecule has 0 radical (unpaired) electrons. The van der Waals surface area contributed by atoms with Crippen LogP contribution in [0, 0.1) is 10.1 Å². The average Bonchev–Trinajstić information content (AvgIpc) is 2.47. The average molecular weight is 342 g/mol. The molecule has 1 aromatic carbocycles. The summed E-state index contributed by atoms with van der Waals surface area (Å²) in [4.78, 5) is 14.3. The molecule has 2 aromatic rings. The molecular formula is C13H12ClN3O4S. The molecule has 7 nitrogen and oxygen atoms in total. The number of pyridine rings is 1. The van der Waals surface area contributed by atoms with Crippen LogP contribution in [0.25, 0.3) is 0 Å². The number of nitro benzene ring substituents is 1. The molecule has 116 valence electrons. The summed E-state index contributed by atoms with van der Waals surface area (Å²) in [5.41, 5.74) is -0.114. The second-order valence-corrected chi connectivity index (χ2v) is 6.88. The molecule has 1 heterocycles. The number of para-hydroxylation sites is 1. The Morgan fingerprint density at radius 1 is 1.27 bits per heavy atom. The molecule has 22 heavy (non-hydrogen) atoms. The highest BCUT2D eigenvalue weighted by Gasteiger charge is 2.24. The molecule has 0 N–H and O–H groups in total. The zero-order valence-corrected chi connectivity index (χ0v) is 13.1. The summed E-state index contributed by atoms with van der Waals surface area (Å²) in [6.45, 7) is 0. The first-order valence-electron chi connectivity index (χ1n) is 6.12. The van der Waals surface area contributed by atoms with Gasteiger partial charge in [0.1, 0.15) is 11.6 Å². The van der Waals surface area contributed by atoms with Gasteiger partial charge in [-0.15, -0.1) is 0 Å². The second-order valence-electron chi connectivity index (χ2n) is 4.44. The molecule has 0 fully saturated rings. The Morgan fingerprint density at radius 3 is 2.55 bits per heavy atom. The third-order valence-electron chi connectivity index (χ3n) is 2.98. The minimum Gasteiger partial charge on any atom is -0.258 e. The number of sulfonamides is 1. The van der Waals surface area contributed by atoms with Crippen molar-refractivity contribution in [3.05, 3.63) is 63.3 Å². The van der Waals surface area contributed by atoms with E-state index in [1.54, 1.807) is 6.07 Å². The molecule has 9 heteroatoms. The van der Waals surface area contributed by atoms with Gasteiger partial charge in [0.25, 0.3) is 5.69 Å². The third kappa shape index (κ3) is 3.52. The number of nitrogens with zero attached hydrogens (tertiary/aromatic N) is 3. The number of benzene rings is 1. The van der Waals surface area contributed by atoms with Gasteiger partial charge in [-0.3, -0.25) is 14.4 Å². The van der Waals surface area contributed by atoms with Gasteiger partial charge in [-0.05, 0) is 12.1 Å². The fourth-order valence-electron chi connectivity index (χ4n) is 1.80. The lowest BCUT2D eigenvalue weighted by Gasteiger charge is -2.18. The first-order valence-corrected chi connectivity index (χ1v) is 8.10. The smallest absolute Gasteiger partial charge is 0.258 e. The van der Waals surface area contributed by atoms with Gasteiger partial charge in [-0.2, -0.15) is 0 Å². The van der Waals surface area contributed by atoms with E-state index in [0.29, 0.717) is 5.02 Å². The monoisotopic (exact) mass is 341 g/mol. The zero-order valence-electron chi connectivity index (χ0n) is 11.5. The van der Waals surface area contributed by atoms with Crippen LogP contribution in [-0.4, -0.2) is 25.4 Å². The van der Waals surface area contributed by atoms with Crippen molar-refractivity contribution in [2.75, 3.05) is 11.4 Å². The van der Waals surface area contributed by atoms with Crippen LogP contribution in [0.2, 0.25) is 5.02 Å². The fraction of sp³-hybridized carbons (Fsp3) is 0.154. The van der Waals surface area contributed by atoms with Gasteiger partial charge in [-0.1, -0.05) is 29.8 Å². The van der Waals surface area contributed by atoms with Crippen molar-refractivity contribution in [3.63, 3.8) is 0 Å². The molecule has 0 bridgehead atoms. The number of aromatic nitrogens is 1. The van der Waals surface area contributed by atoms with Crippen molar-refractivity contribution < 1.29 is 13.3 Å². The molecule has 0 aliphatic rings. The van der Waals surface area contributed by atoms with Crippen LogP contribution in [0.4, 0.5) is 11.5 Å². The normalized spacial score (nSPS) is 11.2. The van der Waals surface area contributed by atoms with Crippen LogP contribution < -0.4 is 4.31 Å². The quantitative estimate of drug-likeness (QED) is 0.615. The van der Waals surface area contributed by atoms with Crippen LogP contribution in [0.1, 0.15) is 5.56 Å². The number of anilines is 1.